The first-order chi connectivity index (χ1) is 15.4. The van der Waals surface area contributed by atoms with E-state index >= 15 is 0 Å². The van der Waals surface area contributed by atoms with Gasteiger partial charge in [0.05, 0.1) is 38.6 Å². The van der Waals surface area contributed by atoms with Crippen LogP contribution in [0, 0.1) is 13.8 Å². The van der Waals surface area contributed by atoms with E-state index in [0.717, 1.165) is 46.6 Å². The van der Waals surface area contributed by atoms with E-state index in [1.807, 2.05) is 30.8 Å². The molecule has 0 saturated carbocycles. The molecule has 170 valence electrons. The van der Waals surface area contributed by atoms with Gasteiger partial charge in [-0.1, -0.05) is 18.2 Å². The summed E-state index contributed by atoms with van der Waals surface area (Å²) in [5.74, 6) is 0.964. The normalized spacial score (nSPS) is 16.9. The molecule has 2 aromatic carbocycles. The maximum atomic E-state index is 12.9. The number of aromatic nitrogens is 2. The Morgan fingerprint density at radius 1 is 1.19 bits per heavy atom. The van der Waals surface area contributed by atoms with Crippen molar-refractivity contribution < 1.29 is 14.3 Å². The summed E-state index contributed by atoms with van der Waals surface area (Å²) in [6.45, 7) is 7.89. The highest BCUT2D eigenvalue weighted by atomic mass is 16.5. The highest BCUT2D eigenvalue weighted by molar-refractivity contribution is 5.84. The van der Waals surface area contributed by atoms with Crippen LogP contribution in [0.3, 0.4) is 0 Å². The molecule has 1 aliphatic heterocycles. The van der Waals surface area contributed by atoms with Crippen LogP contribution in [0.15, 0.2) is 42.5 Å². The molecule has 1 unspecified atom stereocenters. The van der Waals surface area contributed by atoms with Gasteiger partial charge in [0.2, 0.25) is 5.91 Å². The van der Waals surface area contributed by atoms with E-state index in [-0.39, 0.29) is 12.0 Å². The summed E-state index contributed by atoms with van der Waals surface area (Å²) in [6, 6.07) is 14.4. The minimum Gasteiger partial charge on any atom is -0.497 e. The molecule has 1 saturated heterocycles. The van der Waals surface area contributed by atoms with E-state index in [2.05, 4.69) is 47.3 Å². The predicted octanol–water partition coefficient (Wildman–Crippen LogP) is 3.02. The van der Waals surface area contributed by atoms with Gasteiger partial charge in [0.1, 0.15) is 5.75 Å². The van der Waals surface area contributed by atoms with Crippen molar-refractivity contribution in [1.82, 2.24) is 19.6 Å². The van der Waals surface area contributed by atoms with Crippen LogP contribution >= 0.6 is 0 Å². The number of carbonyl (C=O) groups is 1. The average Bonchev–Trinajstić information content (AvgIpc) is 3.09. The van der Waals surface area contributed by atoms with E-state index in [4.69, 9.17) is 9.47 Å². The number of nitrogens with zero attached hydrogens (tertiary/aromatic N) is 4. The number of amides is 1. The summed E-state index contributed by atoms with van der Waals surface area (Å²) in [4.78, 5) is 16.9. The molecule has 1 aliphatic rings. The molecule has 0 bridgehead atoms. The number of hydrogen-bond acceptors (Lipinski definition) is 5. The molecule has 1 aromatic heterocycles. The molecule has 0 spiro atoms. The van der Waals surface area contributed by atoms with Gasteiger partial charge in [-0.3, -0.25) is 14.4 Å². The van der Waals surface area contributed by atoms with Gasteiger partial charge in [-0.2, -0.15) is 5.10 Å². The number of aryl methyl sites for hydroxylation is 2. The van der Waals surface area contributed by atoms with Crippen molar-refractivity contribution in [2.24, 2.45) is 0 Å². The minimum absolute atomic E-state index is 0.0392. The number of methoxy groups -OCH3 is 1. The molecule has 0 radical (unpaired) electrons. The Bertz CT molecular complexity index is 1090. The molecule has 4 rings (SSSR count). The van der Waals surface area contributed by atoms with Crippen molar-refractivity contribution in [3.63, 3.8) is 0 Å². The zero-order chi connectivity index (χ0) is 22.7. The minimum atomic E-state index is 0.0392. The molecule has 0 aliphatic carbocycles. The fraction of sp³-hybridized carbons (Fsp3) is 0.440. The molecular weight excluding hydrogens is 404 g/mol. The lowest BCUT2D eigenvalue weighted by Crippen LogP contribution is -2.48. The number of rotatable bonds is 7. The summed E-state index contributed by atoms with van der Waals surface area (Å²) in [6.07, 6.45) is 0.0392. The van der Waals surface area contributed by atoms with Crippen molar-refractivity contribution in [2.75, 3.05) is 40.4 Å². The molecule has 3 aromatic rings. The summed E-state index contributed by atoms with van der Waals surface area (Å²) >= 11 is 0. The van der Waals surface area contributed by atoms with Crippen LogP contribution in [-0.2, 0) is 22.6 Å². The predicted molar refractivity (Wildman–Crippen MR) is 125 cm³/mol. The van der Waals surface area contributed by atoms with Crippen LogP contribution < -0.4 is 4.74 Å². The van der Waals surface area contributed by atoms with Crippen molar-refractivity contribution in [3.8, 4) is 5.75 Å². The number of morpholine rings is 1. The zero-order valence-electron chi connectivity index (χ0n) is 19.4. The molecule has 7 heteroatoms. The SMILES string of the molecule is COc1ccc2cc(CN(C)C(=O)CN3CCOC(Cn4nc(C)cc4C)C3)ccc2c1. The average molecular weight is 437 g/mol. The fourth-order valence-corrected chi connectivity index (χ4v) is 4.26. The van der Waals surface area contributed by atoms with Gasteiger partial charge >= 0.3 is 0 Å². The first-order valence-electron chi connectivity index (χ1n) is 11.1. The Morgan fingerprint density at radius 3 is 2.72 bits per heavy atom. The summed E-state index contributed by atoms with van der Waals surface area (Å²) in [5.41, 5.74) is 3.26. The van der Waals surface area contributed by atoms with E-state index in [0.29, 0.717) is 26.2 Å². The number of likely N-dealkylation sites (N-methyl/N-ethyl adjacent to an activating group) is 1. The summed E-state index contributed by atoms with van der Waals surface area (Å²) < 4.78 is 13.2. The Hall–Kier alpha value is -2.90. The van der Waals surface area contributed by atoms with Crippen molar-refractivity contribution in [3.05, 3.63) is 59.4 Å². The second-order valence-electron chi connectivity index (χ2n) is 8.63. The monoisotopic (exact) mass is 436 g/mol. The first-order valence-corrected chi connectivity index (χ1v) is 11.1. The Balaban J connectivity index is 1.32. The molecule has 1 amide bonds. The summed E-state index contributed by atoms with van der Waals surface area (Å²) in [5, 5.41) is 6.80. The maximum absolute atomic E-state index is 12.9. The van der Waals surface area contributed by atoms with Crippen LogP contribution in [0.2, 0.25) is 0 Å². The zero-order valence-corrected chi connectivity index (χ0v) is 19.4. The molecule has 1 atom stereocenters. The number of ether oxygens (including phenoxy) is 2. The van der Waals surface area contributed by atoms with Crippen LogP contribution in [0.1, 0.15) is 17.0 Å². The standard InChI is InChI=1S/C25H32N4O3/c1-18-11-19(2)29(26-18)16-24-15-28(9-10-32-24)17-25(30)27(3)14-20-5-6-22-13-23(31-4)8-7-21(22)12-20/h5-8,11-13,24H,9-10,14-17H2,1-4H3. The Kier molecular flexibility index (Phi) is 6.77. The number of hydrogen-bond donors (Lipinski definition) is 0. The third kappa shape index (κ3) is 5.29. The van der Waals surface area contributed by atoms with Gasteiger partial charge in [-0.05, 0) is 54.4 Å². The quantitative estimate of drug-likeness (QED) is 0.570. The van der Waals surface area contributed by atoms with Crippen molar-refractivity contribution >= 4 is 16.7 Å². The van der Waals surface area contributed by atoms with Gasteiger partial charge in [0, 0.05) is 32.4 Å². The molecule has 7 nitrogen and oxygen atoms in total. The van der Waals surface area contributed by atoms with E-state index in [1.165, 1.54) is 0 Å². The number of fused-ring (bicyclic) bond motifs is 1. The second-order valence-corrected chi connectivity index (χ2v) is 8.63. The molecule has 2 heterocycles. The molecule has 32 heavy (non-hydrogen) atoms. The van der Waals surface area contributed by atoms with Gasteiger partial charge in [-0.25, -0.2) is 0 Å². The molecule has 1 fully saturated rings. The molecule has 0 N–H and O–H groups in total. The fourth-order valence-electron chi connectivity index (χ4n) is 4.26. The smallest absolute Gasteiger partial charge is 0.236 e. The lowest BCUT2D eigenvalue weighted by Gasteiger charge is -2.33. The number of carbonyl (C=O) groups excluding carboxylic acids is 1. The third-order valence-electron chi connectivity index (χ3n) is 6.02. The third-order valence-corrected chi connectivity index (χ3v) is 6.02. The topological polar surface area (TPSA) is 59.8 Å². The highest BCUT2D eigenvalue weighted by Gasteiger charge is 2.24. The Morgan fingerprint density at radius 2 is 1.97 bits per heavy atom. The van der Waals surface area contributed by atoms with Crippen LogP contribution in [0.25, 0.3) is 10.8 Å². The van der Waals surface area contributed by atoms with Crippen molar-refractivity contribution in [1.29, 1.82) is 0 Å². The van der Waals surface area contributed by atoms with E-state index in [1.54, 1.807) is 12.0 Å². The largest absolute Gasteiger partial charge is 0.497 e. The highest BCUT2D eigenvalue weighted by Crippen LogP contribution is 2.22. The van der Waals surface area contributed by atoms with Crippen molar-refractivity contribution in [2.45, 2.75) is 33.0 Å². The molecular formula is C25H32N4O3. The second kappa shape index (κ2) is 9.71. The summed E-state index contributed by atoms with van der Waals surface area (Å²) in [7, 11) is 3.54. The lowest BCUT2D eigenvalue weighted by molar-refractivity contribution is -0.133. The van der Waals surface area contributed by atoms with Gasteiger partial charge in [-0.15, -0.1) is 0 Å². The van der Waals surface area contributed by atoms with E-state index < -0.39 is 0 Å². The van der Waals surface area contributed by atoms with Gasteiger partial charge in [0.15, 0.2) is 0 Å². The van der Waals surface area contributed by atoms with Crippen LogP contribution in [-0.4, -0.2) is 72.0 Å². The van der Waals surface area contributed by atoms with Gasteiger partial charge in [0.25, 0.3) is 0 Å². The van der Waals surface area contributed by atoms with Crippen LogP contribution in [0.4, 0.5) is 0 Å². The lowest BCUT2D eigenvalue weighted by atomic mass is 10.1. The Labute approximate surface area is 189 Å². The first kappa shape index (κ1) is 22.3. The van der Waals surface area contributed by atoms with Crippen LogP contribution in [0.5, 0.6) is 5.75 Å². The van der Waals surface area contributed by atoms with E-state index in [9.17, 15) is 4.79 Å². The van der Waals surface area contributed by atoms with Gasteiger partial charge < -0.3 is 14.4 Å². The number of benzene rings is 2. The maximum Gasteiger partial charge on any atom is 0.236 e.